The molecule has 1 aliphatic rings. The van der Waals surface area contributed by atoms with Crippen LogP contribution in [0.5, 0.6) is 5.75 Å². The van der Waals surface area contributed by atoms with Crippen LogP contribution in [0.25, 0.3) is 0 Å². The molecule has 0 radical (unpaired) electrons. The summed E-state index contributed by atoms with van der Waals surface area (Å²) in [5.74, 6) is 0.00915. The lowest BCUT2D eigenvalue weighted by Gasteiger charge is -2.29. The van der Waals surface area contributed by atoms with Crippen molar-refractivity contribution in [2.24, 2.45) is 0 Å². The Kier molecular flexibility index (Phi) is 9.17. The summed E-state index contributed by atoms with van der Waals surface area (Å²) in [6.45, 7) is 2.47. The zero-order valence-electron chi connectivity index (χ0n) is 18.6. The van der Waals surface area contributed by atoms with Crippen LogP contribution < -0.4 is 10.1 Å². The van der Waals surface area contributed by atoms with Gasteiger partial charge >= 0.3 is 0 Å². The number of amides is 2. The molecular formula is C26H31ClN2O3. The van der Waals surface area contributed by atoms with Crippen LogP contribution in [-0.4, -0.2) is 35.9 Å². The Bertz CT molecular complexity index is 930. The Morgan fingerprint density at radius 2 is 1.84 bits per heavy atom. The fourth-order valence-electron chi connectivity index (χ4n) is 3.77. The summed E-state index contributed by atoms with van der Waals surface area (Å²) in [6, 6.07) is 16.0. The molecule has 0 aliphatic heterocycles. The zero-order chi connectivity index (χ0) is 22.8. The molecule has 0 fully saturated rings. The molecule has 0 bridgehead atoms. The number of benzene rings is 2. The second-order valence-electron chi connectivity index (χ2n) is 8.05. The molecular weight excluding hydrogens is 424 g/mol. The highest BCUT2D eigenvalue weighted by molar-refractivity contribution is 6.32. The Labute approximate surface area is 195 Å². The molecule has 2 aromatic rings. The Balaban J connectivity index is 1.62. The van der Waals surface area contributed by atoms with Crippen LogP contribution >= 0.6 is 11.6 Å². The zero-order valence-corrected chi connectivity index (χ0v) is 19.3. The maximum atomic E-state index is 13.1. The number of nitrogens with zero attached hydrogens (tertiary/aromatic N) is 1. The Morgan fingerprint density at radius 3 is 2.56 bits per heavy atom. The SMILES string of the molecule is C[C@@H](C(=O)NCCC1=CCCCC1)N(Cc1ccccc1)C(=O)COc1ccccc1Cl. The maximum Gasteiger partial charge on any atom is 0.261 e. The van der Waals surface area contributed by atoms with Gasteiger partial charge in [-0.05, 0) is 56.7 Å². The molecule has 2 aromatic carbocycles. The number of rotatable bonds is 10. The van der Waals surface area contributed by atoms with Crippen molar-refractivity contribution in [1.29, 1.82) is 0 Å². The molecule has 170 valence electrons. The standard InChI is InChI=1S/C26H31ClN2O3/c1-20(26(31)28-17-16-21-10-4-2-5-11-21)29(18-22-12-6-3-7-13-22)25(30)19-32-24-15-9-8-14-23(24)27/h3,6-10,12-15,20H,2,4-5,11,16-19H2,1H3,(H,28,31)/t20-/m0/s1. The van der Waals surface area contributed by atoms with E-state index < -0.39 is 6.04 Å². The number of para-hydroxylation sites is 1. The van der Waals surface area contributed by atoms with Crippen LogP contribution in [0.15, 0.2) is 66.2 Å². The lowest BCUT2D eigenvalue weighted by molar-refractivity contribution is -0.142. The van der Waals surface area contributed by atoms with Gasteiger partial charge in [0.2, 0.25) is 5.91 Å². The summed E-state index contributed by atoms with van der Waals surface area (Å²) < 4.78 is 5.65. The Hall–Kier alpha value is -2.79. The largest absolute Gasteiger partial charge is 0.482 e. The number of ether oxygens (including phenoxy) is 1. The molecule has 5 nitrogen and oxygen atoms in total. The number of hydrogen-bond donors (Lipinski definition) is 1. The maximum absolute atomic E-state index is 13.1. The smallest absolute Gasteiger partial charge is 0.261 e. The topological polar surface area (TPSA) is 58.6 Å². The second kappa shape index (κ2) is 12.3. The van der Waals surface area contributed by atoms with E-state index >= 15 is 0 Å². The van der Waals surface area contributed by atoms with E-state index in [1.54, 1.807) is 36.1 Å². The molecule has 0 unspecified atom stereocenters. The number of halogens is 1. The van der Waals surface area contributed by atoms with Crippen molar-refractivity contribution < 1.29 is 14.3 Å². The van der Waals surface area contributed by atoms with Crippen molar-refractivity contribution in [3.8, 4) is 5.75 Å². The van der Waals surface area contributed by atoms with E-state index in [0.717, 1.165) is 24.8 Å². The summed E-state index contributed by atoms with van der Waals surface area (Å²) in [4.78, 5) is 27.5. The summed E-state index contributed by atoms with van der Waals surface area (Å²) in [5.41, 5.74) is 2.36. The first kappa shape index (κ1) is 23.9. The molecule has 0 saturated carbocycles. The van der Waals surface area contributed by atoms with Gasteiger partial charge in [0, 0.05) is 13.1 Å². The average molecular weight is 455 g/mol. The molecule has 3 rings (SSSR count). The highest BCUT2D eigenvalue weighted by atomic mass is 35.5. The number of nitrogens with one attached hydrogen (secondary N) is 1. The monoisotopic (exact) mass is 454 g/mol. The van der Waals surface area contributed by atoms with Crippen LogP contribution in [0.2, 0.25) is 5.02 Å². The molecule has 0 aromatic heterocycles. The van der Waals surface area contributed by atoms with Gasteiger partial charge in [-0.15, -0.1) is 0 Å². The van der Waals surface area contributed by atoms with Crippen LogP contribution in [0.3, 0.4) is 0 Å². The third-order valence-corrected chi connectivity index (χ3v) is 5.99. The molecule has 1 N–H and O–H groups in total. The van der Waals surface area contributed by atoms with Crippen LogP contribution in [0, 0.1) is 0 Å². The minimum absolute atomic E-state index is 0.163. The molecule has 0 spiro atoms. The van der Waals surface area contributed by atoms with E-state index in [4.69, 9.17) is 16.3 Å². The predicted octanol–water partition coefficient (Wildman–Crippen LogP) is 5.14. The molecule has 1 atom stereocenters. The highest BCUT2D eigenvalue weighted by Crippen LogP contribution is 2.23. The summed E-state index contributed by atoms with van der Waals surface area (Å²) in [6.07, 6.45) is 7.87. The van der Waals surface area contributed by atoms with E-state index in [1.165, 1.54) is 18.4 Å². The number of allylic oxidation sites excluding steroid dienone is 1. The van der Waals surface area contributed by atoms with Crippen molar-refractivity contribution in [1.82, 2.24) is 10.2 Å². The fraction of sp³-hybridized carbons (Fsp3) is 0.385. The van der Waals surface area contributed by atoms with Crippen molar-refractivity contribution in [2.45, 2.75) is 51.6 Å². The first-order chi connectivity index (χ1) is 15.5. The van der Waals surface area contributed by atoms with Gasteiger partial charge < -0.3 is 15.0 Å². The van der Waals surface area contributed by atoms with Gasteiger partial charge in [-0.25, -0.2) is 0 Å². The molecule has 0 saturated heterocycles. The fourth-order valence-corrected chi connectivity index (χ4v) is 3.96. The van der Waals surface area contributed by atoms with E-state index in [-0.39, 0.29) is 18.4 Å². The quantitative estimate of drug-likeness (QED) is 0.505. The van der Waals surface area contributed by atoms with Gasteiger partial charge in [0.05, 0.1) is 5.02 Å². The lowest BCUT2D eigenvalue weighted by Crippen LogP contribution is -2.49. The number of hydrogen-bond acceptors (Lipinski definition) is 3. The van der Waals surface area contributed by atoms with Crippen LogP contribution in [0.1, 0.15) is 44.6 Å². The first-order valence-electron chi connectivity index (χ1n) is 11.2. The van der Waals surface area contributed by atoms with Gasteiger partial charge in [0.25, 0.3) is 5.91 Å². The minimum atomic E-state index is -0.627. The summed E-state index contributed by atoms with van der Waals surface area (Å²) in [7, 11) is 0. The third kappa shape index (κ3) is 7.13. The predicted molar refractivity (Wildman–Crippen MR) is 128 cm³/mol. The van der Waals surface area contributed by atoms with Gasteiger partial charge in [0.1, 0.15) is 11.8 Å². The van der Waals surface area contributed by atoms with Crippen LogP contribution in [0.4, 0.5) is 0 Å². The van der Waals surface area contributed by atoms with E-state index in [1.807, 2.05) is 30.3 Å². The highest BCUT2D eigenvalue weighted by Gasteiger charge is 2.26. The summed E-state index contributed by atoms with van der Waals surface area (Å²) in [5, 5.41) is 3.44. The van der Waals surface area contributed by atoms with Crippen molar-refractivity contribution in [3.63, 3.8) is 0 Å². The van der Waals surface area contributed by atoms with Gasteiger partial charge in [-0.2, -0.15) is 0 Å². The first-order valence-corrected chi connectivity index (χ1v) is 11.6. The van der Waals surface area contributed by atoms with E-state index in [9.17, 15) is 9.59 Å². The minimum Gasteiger partial charge on any atom is -0.482 e. The van der Waals surface area contributed by atoms with Gasteiger partial charge in [-0.3, -0.25) is 9.59 Å². The average Bonchev–Trinajstić information content (AvgIpc) is 2.82. The number of carbonyl (C=O) groups excluding carboxylic acids is 2. The molecule has 32 heavy (non-hydrogen) atoms. The van der Waals surface area contributed by atoms with E-state index in [0.29, 0.717) is 23.9 Å². The lowest BCUT2D eigenvalue weighted by atomic mass is 9.97. The second-order valence-corrected chi connectivity index (χ2v) is 8.46. The van der Waals surface area contributed by atoms with Crippen molar-refractivity contribution in [2.75, 3.05) is 13.2 Å². The van der Waals surface area contributed by atoms with Gasteiger partial charge in [0.15, 0.2) is 6.61 Å². The number of carbonyl (C=O) groups is 2. The summed E-state index contributed by atoms with van der Waals surface area (Å²) >= 11 is 6.13. The molecule has 0 heterocycles. The molecule has 6 heteroatoms. The third-order valence-electron chi connectivity index (χ3n) is 5.68. The van der Waals surface area contributed by atoms with Crippen molar-refractivity contribution in [3.05, 3.63) is 76.8 Å². The molecule has 1 aliphatic carbocycles. The normalized spacial score (nSPS) is 14.2. The van der Waals surface area contributed by atoms with Crippen molar-refractivity contribution >= 4 is 23.4 Å². The van der Waals surface area contributed by atoms with Gasteiger partial charge in [-0.1, -0.05) is 65.7 Å². The molecule has 2 amide bonds. The van der Waals surface area contributed by atoms with Crippen LogP contribution in [-0.2, 0) is 16.1 Å². The Morgan fingerprint density at radius 1 is 1.09 bits per heavy atom. The van der Waals surface area contributed by atoms with E-state index in [2.05, 4.69) is 11.4 Å².